The molecule has 0 unspecified atom stereocenters. The van der Waals surface area contributed by atoms with Gasteiger partial charge in [-0.2, -0.15) is 0 Å². The maximum absolute atomic E-state index is 16.2. The summed E-state index contributed by atoms with van der Waals surface area (Å²) in [6, 6.07) is 4.94. The first-order valence-electron chi connectivity index (χ1n) is 13.3. The summed E-state index contributed by atoms with van der Waals surface area (Å²) < 4.78 is 111. The highest BCUT2D eigenvalue weighted by Gasteiger charge is 2.35. The molecule has 0 radical (unpaired) electrons. The Morgan fingerprint density at radius 3 is 2.75 bits per heavy atom. The number of benzene rings is 1. The summed E-state index contributed by atoms with van der Waals surface area (Å²) in [5.41, 5.74) is -4.06. The predicted octanol–water partition coefficient (Wildman–Crippen LogP) is 4.17. The van der Waals surface area contributed by atoms with E-state index in [0.717, 1.165) is 30.5 Å². The smallest absolute Gasteiger partial charge is 0.253 e. The number of likely N-dealkylation sites (tertiary alicyclic amines) is 1. The number of pyridine rings is 1. The Balaban J connectivity index is 1.91. The van der Waals surface area contributed by atoms with Crippen LogP contribution in [0.4, 0.5) is 8.78 Å². The molecule has 0 saturated carbocycles. The van der Waals surface area contributed by atoms with Gasteiger partial charge in [-0.15, -0.1) is 0 Å². The number of amides is 1. The lowest BCUT2D eigenvalue weighted by atomic mass is 9.92. The number of carbonyl (C=O) groups excluding carboxylic acids is 1. The Labute approximate surface area is 183 Å². The monoisotopic (exact) mass is 417 g/mol. The van der Waals surface area contributed by atoms with Gasteiger partial charge in [0.05, 0.1) is 10.7 Å². The highest BCUT2D eigenvalue weighted by atomic mass is 35.5. The van der Waals surface area contributed by atoms with Gasteiger partial charge in [-0.1, -0.05) is 24.6 Å². The largest absolute Gasteiger partial charge is 0.338 e. The van der Waals surface area contributed by atoms with Gasteiger partial charge in [0.15, 0.2) is 0 Å². The van der Waals surface area contributed by atoms with Crippen LogP contribution in [0.5, 0.6) is 0 Å². The number of aryl methyl sites for hydroxylation is 1. The summed E-state index contributed by atoms with van der Waals surface area (Å²) in [5.74, 6) is -2.14. The number of nitrogens with one attached hydrogen (secondary N) is 1. The molecule has 1 fully saturated rings. The lowest BCUT2D eigenvalue weighted by molar-refractivity contribution is 0.0434. The van der Waals surface area contributed by atoms with E-state index >= 15 is 4.39 Å². The molecule has 0 bridgehead atoms. The zero-order chi connectivity index (χ0) is 29.1. The molecule has 1 saturated heterocycles. The van der Waals surface area contributed by atoms with Crippen molar-refractivity contribution in [2.75, 3.05) is 19.5 Å². The predicted molar refractivity (Wildman–Crippen MR) is 106 cm³/mol. The lowest BCUT2D eigenvalue weighted by Crippen LogP contribution is -2.48. The molecule has 0 atom stereocenters. The van der Waals surface area contributed by atoms with E-state index < -0.39 is 73.3 Å². The quantitative estimate of drug-likeness (QED) is 0.767. The Morgan fingerprint density at radius 2 is 2.14 bits per heavy atom. The molecule has 2 heterocycles. The number of carbonyl (C=O) groups is 1. The van der Waals surface area contributed by atoms with Crippen molar-refractivity contribution in [1.82, 2.24) is 15.2 Å². The molecular weight excluding hydrogens is 384 g/mol. The molecule has 1 aliphatic rings. The highest BCUT2D eigenvalue weighted by molar-refractivity contribution is 6.31. The molecule has 150 valence electrons. The Hall–Kier alpha value is -2.05. The number of piperidine rings is 1. The first kappa shape index (κ1) is 11.2. The molecule has 7 heteroatoms. The van der Waals surface area contributed by atoms with Crippen LogP contribution < -0.4 is 5.32 Å². The summed E-state index contributed by atoms with van der Waals surface area (Å²) in [6.07, 6.45) is -3.50. The fourth-order valence-electron chi connectivity index (χ4n) is 2.34. The van der Waals surface area contributed by atoms with E-state index in [0.29, 0.717) is 0 Å². The van der Waals surface area contributed by atoms with Crippen molar-refractivity contribution in [3.05, 3.63) is 64.2 Å². The van der Waals surface area contributed by atoms with Gasteiger partial charge in [0.25, 0.3) is 5.91 Å². The van der Waals surface area contributed by atoms with Crippen LogP contribution in [-0.2, 0) is 12.9 Å². The van der Waals surface area contributed by atoms with E-state index in [1.54, 1.807) is 0 Å². The number of aromatic nitrogens is 1. The summed E-state index contributed by atoms with van der Waals surface area (Å²) in [6.45, 7) is -11.2. The molecule has 0 aliphatic carbocycles. The van der Waals surface area contributed by atoms with E-state index in [9.17, 15) is 9.18 Å². The molecule has 1 aromatic heterocycles. The van der Waals surface area contributed by atoms with E-state index in [1.807, 2.05) is 5.32 Å². The van der Waals surface area contributed by atoms with Crippen LogP contribution in [0.3, 0.4) is 0 Å². The van der Waals surface area contributed by atoms with Gasteiger partial charge in [0, 0.05) is 64.3 Å². The van der Waals surface area contributed by atoms with Gasteiger partial charge in [-0.05, 0) is 36.2 Å². The fourth-order valence-corrected chi connectivity index (χ4v) is 2.52. The average Bonchev–Trinajstić information content (AvgIpc) is 2.72. The molecule has 1 aromatic carbocycles. The molecule has 0 spiro atoms. The SMILES string of the molecule is [2H]C([2H])(C)c1ccc(C([2H])([2H])NC([2H])([2H])C2(F)CC([2H])([2H])N(C(=O)c3ccc(F)c(Cl)c3)C([2H])([2H])C2)nc1. The normalized spacial score (nSPS) is 26.6. The van der Waals surface area contributed by atoms with Crippen molar-refractivity contribution in [2.24, 2.45) is 0 Å². The highest BCUT2D eigenvalue weighted by Crippen LogP contribution is 2.27. The third-order valence-corrected chi connectivity index (χ3v) is 4.22. The summed E-state index contributed by atoms with van der Waals surface area (Å²) in [4.78, 5) is 16.9. The van der Waals surface area contributed by atoms with Crippen molar-refractivity contribution in [1.29, 1.82) is 0 Å². The molecule has 1 aliphatic heterocycles. The second-order valence-corrected chi connectivity index (χ2v) is 6.37. The standard InChI is InChI=1S/C21H24ClF2N3O/c1-2-15-3-5-17(26-12-15)13-25-14-21(24)7-9-27(10-8-21)20(28)16-4-6-19(23)18(22)11-16/h3-6,11-12,25H,2,7-10,13-14H2,1H3/i2D2,9D2,10D2,13D2,14D2. The van der Waals surface area contributed by atoms with Crippen LogP contribution >= 0.6 is 11.6 Å². The van der Waals surface area contributed by atoms with Gasteiger partial charge in [0.1, 0.15) is 11.5 Å². The van der Waals surface area contributed by atoms with Crippen molar-refractivity contribution < 1.29 is 27.3 Å². The second kappa shape index (κ2) is 8.97. The maximum Gasteiger partial charge on any atom is 0.253 e. The maximum atomic E-state index is 16.2. The van der Waals surface area contributed by atoms with Gasteiger partial charge in [-0.25, -0.2) is 8.78 Å². The van der Waals surface area contributed by atoms with Gasteiger partial charge in [0.2, 0.25) is 0 Å². The van der Waals surface area contributed by atoms with Gasteiger partial charge >= 0.3 is 0 Å². The van der Waals surface area contributed by atoms with Crippen molar-refractivity contribution in [3.8, 4) is 0 Å². The second-order valence-electron chi connectivity index (χ2n) is 5.96. The van der Waals surface area contributed by atoms with Crippen LogP contribution in [-0.4, -0.2) is 41.0 Å². The van der Waals surface area contributed by atoms with E-state index in [-0.39, 0.29) is 16.0 Å². The van der Waals surface area contributed by atoms with Crippen LogP contribution in [0.2, 0.25) is 5.02 Å². The summed E-state index contributed by atoms with van der Waals surface area (Å²) in [5, 5.41) is 1.34. The van der Waals surface area contributed by atoms with Crippen molar-refractivity contribution >= 4 is 17.5 Å². The van der Waals surface area contributed by atoms with Crippen molar-refractivity contribution in [2.45, 2.75) is 38.3 Å². The molecule has 1 N–H and O–H groups in total. The summed E-state index contributed by atoms with van der Waals surface area (Å²) >= 11 is 5.68. The topological polar surface area (TPSA) is 45.2 Å². The Bertz CT molecular complexity index is 1210. The van der Waals surface area contributed by atoms with E-state index in [2.05, 4.69) is 4.98 Å². The third kappa shape index (κ3) is 5.06. The van der Waals surface area contributed by atoms with Crippen LogP contribution in [0.1, 0.15) is 55.1 Å². The van der Waals surface area contributed by atoms with Crippen LogP contribution in [0, 0.1) is 5.82 Å². The molecule has 4 nitrogen and oxygen atoms in total. The van der Waals surface area contributed by atoms with Gasteiger partial charge < -0.3 is 10.2 Å². The molecule has 3 rings (SSSR count). The van der Waals surface area contributed by atoms with E-state index in [4.69, 9.17) is 25.3 Å². The minimum atomic E-state index is -3.38. The van der Waals surface area contributed by atoms with Crippen LogP contribution in [0.25, 0.3) is 0 Å². The fraction of sp³-hybridized carbons (Fsp3) is 0.429. The molecule has 1 amide bonds. The minimum absolute atomic E-state index is 0.102. The van der Waals surface area contributed by atoms with E-state index in [1.165, 1.54) is 13.0 Å². The number of hydrogen-bond donors (Lipinski definition) is 1. The number of nitrogens with zero attached hydrogens (tertiary/aromatic N) is 2. The molecule has 2 aromatic rings. The first-order chi connectivity index (χ1) is 17.0. The minimum Gasteiger partial charge on any atom is -0.338 e. The lowest BCUT2D eigenvalue weighted by Gasteiger charge is -2.36. The number of alkyl halides is 1. The number of hydrogen-bond acceptors (Lipinski definition) is 3. The first-order valence-corrected chi connectivity index (χ1v) is 8.65. The Morgan fingerprint density at radius 1 is 1.39 bits per heavy atom. The Kier molecular flexibility index (Phi) is 3.59. The zero-order valence-corrected chi connectivity index (χ0v) is 15.6. The molecule has 28 heavy (non-hydrogen) atoms. The summed E-state index contributed by atoms with van der Waals surface area (Å²) in [7, 11) is 0. The van der Waals surface area contributed by atoms with Crippen molar-refractivity contribution in [3.63, 3.8) is 0 Å². The third-order valence-electron chi connectivity index (χ3n) is 3.93. The zero-order valence-electron chi connectivity index (χ0n) is 24.8. The number of rotatable bonds is 6. The van der Waals surface area contributed by atoms with Crippen LogP contribution in [0.15, 0.2) is 36.5 Å². The van der Waals surface area contributed by atoms with Gasteiger partial charge in [-0.3, -0.25) is 9.78 Å². The average molecular weight is 418 g/mol. The number of halogens is 3. The molecular formula is C21H24ClF2N3O.